The fourth-order valence-electron chi connectivity index (χ4n) is 1.43. The molecule has 0 aliphatic rings. The molecule has 1 aromatic carbocycles. The molecule has 6 heteroatoms. The van der Waals surface area contributed by atoms with E-state index in [1.807, 2.05) is 0 Å². The standard InChI is InChI=1S/C12H8ClNO4/c13-8-4-2-1-3-7(8)9-5-11(18-14-9)10(15)6-12(16)17/h1-5H,6H2,(H,16,17). The number of Topliss-reactive ketones (excluding diaryl/α,β-unsaturated/α-hetero) is 1. The van der Waals surface area contributed by atoms with Gasteiger partial charge in [0.25, 0.3) is 0 Å². The highest BCUT2D eigenvalue weighted by Crippen LogP contribution is 2.27. The maximum Gasteiger partial charge on any atom is 0.311 e. The Morgan fingerprint density at radius 3 is 2.72 bits per heavy atom. The molecule has 18 heavy (non-hydrogen) atoms. The van der Waals surface area contributed by atoms with Gasteiger partial charge in [-0.2, -0.15) is 0 Å². The number of halogens is 1. The molecule has 1 N–H and O–H groups in total. The Morgan fingerprint density at radius 1 is 1.33 bits per heavy atom. The zero-order chi connectivity index (χ0) is 13.1. The lowest BCUT2D eigenvalue weighted by atomic mass is 10.1. The third-order valence-corrected chi connectivity index (χ3v) is 2.58. The molecule has 0 atom stereocenters. The Balaban J connectivity index is 2.29. The molecule has 0 unspecified atom stereocenters. The fourth-order valence-corrected chi connectivity index (χ4v) is 1.66. The van der Waals surface area contributed by atoms with Crippen molar-refractivity contribution in [3.8, 4) is 11.3 Å². The normalized spacial score (nSPS) is 10.3. The van der Waals surface area contributed by atoms with Crippen LogP contribution in [-0.4, -0.2) is 22.0 Å². The highest BCUT2D eigenvalue weighted by atomic mass is 35.5. The number of carbonyl (C=O) groups excluding carboxylic acids is 1. The first-order chi connectivity index (χ1) is 8.58. The zero-order valence-corrected chi connectivity index (χ0v) is 9.85. The second-order valence-corrected chi connectivity index (χ2v) is 3.96. The molecule has 0 aliphatic heterocycles. The molecule has 1 heterocycles. The number of benzene rings is 1. The van der Waals surface area contributed by atoms with Gasteiger partial charge in [0.2, 0.25) is 11.5 Å². The molecule has 0 saturated carbocycles. The van der Waals surface area contributed by atoms with Gasteiger partial charge < -0.3 is 9.63 Å². The van der Waals surface area contributed by atoms with Crippen molar-refractivity contribution in [2.75, 3.05) is 0 Å². The topological polar surface area (TPSA) is 80.4 Å². The van der Waals surface area contributed by atoms with Gasteiger partial charge >= 0.3 is 5.97 Å². The first-order valence-electron chi connectivity index (χ1n) is 5.04. The molecule has 0 bridgehead atoms. The predicted molar refractivity (Wildman–Crippen MR) is 63.5 cm³/mol. The van der Waals surface area contributed by atoms with Gasteiger partial charge in [0.1, 0.15) is 12.1 Å². The van der Waals surface area contributed by atoms with Gasteiger partial charge in [0, 0.05) is 11.6 Å². The molecule has 0 saturated heterocycles. The van der Waals surface area contributed by atoms with Crippen LogP contribution in [0.1, 0.15) is 17.0 Å². The van der Waals surface area contributed by atoms with Crippen molar-refractivity contribution in [3.63, 3.8) is 0 Å². The molecule has 2 rings (SSSR count). The van der Waals surface area contributed by atoms with Crippen molar-refractivity contribution >= 4 is 23.4 Å². The third kappa shape index (κ3) is 2.57. The van der Waals surface area contributed by atoms with E-state index in [1.165, 1.54) is 6.07 Å². The Hall–Kier alpha value is -2.14. The monoisotopic (exact) mass is 265 g/mol. The number of hydrogen-bond donors (Lipinski definition) is 1. The van der Waals surface area contributed by atoms with Gasteiger partial charge in [-0.3, -0.25) is 9.59 Å². The zero-order valence-electron chi connectivity index (χ0n) is 9.09. The van der Waals surface area contributed by atoms with Crippen LogP contribution in [0.5, 0.6) is 0 Å². The molecule has 0 spiro atoms. The molecule has 0 amide bonds. The van der Waals surface area contributed by atoms with Crippen molar-refractivity contribution in [1.29, 1.82) is 0 Å². The van der Waals surface area contributed by atoms with E-state index in [-0.39, 0.29) is 5.76 Å². The van der Waals surface area contributed by atoms with Gasteiger partial charge in [-0.15, -0.1) is 0 Å². The summed E-state index contributed by atoms with van der Waals surface area (Å²) in [6.45, 7) is 0. The Labute approximate surface area is 107 Å². The fraction of sp³-hybridized carbons (Fsp3) is 0.0833. The minimum absolute atomic E-state index is 0.0904. The van der Waals surface area contributed by atoms with Crippen LogP contribution < -0.4 is 0 Å². The number of carbonyl (C=O) groups is 2. The van der Waals surface area contributed by atoms with Crippen LogP contribution in [-0.2, 0) is 4.79 Å². The maximum atomic E-state index is 11.4. The number of aliphatic carboxylic acids is 1. The second kappa shape index (κ2) is 5.01. The minimum Gasteiger partial charge on any atom is -0.481 e. The molecule has 0 radical (unpaired) electrons. The molecule has 2 aromatic rings. The number of rotatable bonds is 4. The number of hydrogen-bond acceptors (Lipinski definition) is 4. The van der Waals surface area contributed by atoms with Crippen molar-refractivity contribution in [1.82, 2.24) is 5.16 Å². The van der Waals surface area contributed by atoms with E-state index >= 15 is 0 Å². The largest absolute Gasteiger partial charge is 0.481 e. The summed E-state index contributed by atoms with van der Waals surface area (Å²) >= 11 is 5.97. The SMILES string of the molecule is O=C(O)CC(=O)c1cc(-c2ccccc2Cl)no1. The predicted octanol–water partition coefficient (Wildman–Crippen LogP) is 2.65. The van der Waals surface area contributed by atoms with E-state index in [4.69, 9.17) is 21.2 Å². The van der Waals surface area contributed by atoms with Gasteiger partial charge in [-0.25, -0.2) is 0 Å². The van der Waals surface area contributed by atoms with Crippen LogP contribution in [0.25, 0.3) is 11.3 Å². The minimum atomic E-state index is -1.21. The van der Waals surface area contributed by atoms with Crippen LogP contribution in [0.2, 0.25) is 5.02 Å². The van der Waals surface area contributed by atoms with Crippen LogP contribution in [0.4, 0.5) is 0 Å². The summed E-state index contributed by atoms with van der Waals surface area (Å²) in [7, 11) is 0. The number of nitrogens with zero attached hydrogens (tertiary/aromatic N) is 1. The summed E-state index contributed by atoms with van der Waals surface area (Å²) in [5, 5.41) is 12.7. The number of carboxylic acid groups (broad SMARTS) is 1. The van der Waals surface area contributed by atoms with E-state index in [0.29, 0.717) is 16.3 Å². The highest BCUT2D eigenvalue weighted by molar-refractivity contribution is 6.33. The molecular weight excluding hydrogens is 258 g/mol. The van der Waals surface area contributed by atoms with Crippen LogP contribution in [0, 0.1) is 0 Å². The van der Waals surface area contributed by atoms with Gasteiger partial charge in [0.05, 0.1) is 5.02 Å². The molecule has 1 aromatic heterocycles. The lowest BCUT2D eigenvalue weighted by molar-refractivity contribution is -0.135. The van der Waals surface area contributed by atoms with Crippen LogP contribution in [0.15, 0.2) is 34.9 Å². The molecule has 5 nitrogen and oxygen atoms in total. The average Bonchev–Trinajstić information content (AvgIpc) is 2.78. The van der Waals surface area contributed by atoms with Crippen molar-refractivity contribution < 1.29 is 19.2 Å². The van der Waals surface area contributed by atoms with Gasteiger partial charge in [-0.1, -0.05) is 35.0 Å². The quantitative estimate of drug-likeness (QED) is 0.679. The van der Waals surface area contributed by atoms with Crippen LogP contribution >= 0.6 is 11.6 Å². The summed E-state index contributed by atoms with van der Waals surface area (Å²) in [6, 6.07) is 8.33. The second-order valence-electron chi connectivity index (χ2n) is 3.55. The highest BCUT2D eigenvalue weighted by Gasteiger charge is 2.17. The first kappa shape index (κ1) is 12.3. The maximum absolute atomic E-state index is 11.4. The van der Waals surface area contributed by atoms with Crippen molar-refractivity contribution in [3.05, 3.63) is 41.1 Å². The van der Waals surface area contributed by atoms with Crippen molar-refractivity contribution in [2.45, 2.75) is 6.42 Å². The summed E-state index contributed by atoms with van der Waals surface area (Å²) in [5.74, 6) is -1.93. The molecule has 0 aliphatic carbocycles. The van der Waals surface area contributed by atoms with Crippen LogP contribution in [0.3, 0.4) is 0 Å². The van der Waals surface area contributed by atoms with Gasteiger partial charge in [-0.05, 0) is 6.07 Å². The third-order valence-electron chi connectivity index (χ3n) is 2.25. The van der Waals surface area contributed by atoms with Crippen molar-refractivity contribution in [2.24, 2.45) is 0 Å². The summed E-state index contributed by atoms with van der Waals surface area (Å²) < 4.78 is 4.82. The summed E-state index contributed by atoms with van der Waals surface area (Å²) in [4.78, 5) is 21.8. The summed E-state index contributed by atoms with van der Waals surface area (Å²) in [6.07, 6.45) is -0.628. The van der Waals surface area contributed by atoms with E-state index in [0.717, 1.165) is 0 Å². The number of carboxylic acids is 1. The Morgan fingerprint density at radius 2 is 2.06 bits per heavy atom. The van der Waals surface area contributed by atoms with E-state index in [2.05, 4.69) is 5.16 Å². The Kier molecular flexibility index (Phi) is 3.43. The molecular formula is C12H8ClNO4. The van der Waals surface area contributed by atoms with E-state index in [1.54, 1.807) is 24.3 Å². The van der Waals surface area contributed by atoms with Gasteiger partial charge in [0.15, 0.2) is 0 Å². The first-order valence-corrected chi connectivity index (χ1v) is 5.42. The number of ketones is 1. The molecule has 0 fully saturated rings. The van der Waals surface area contributed by atoms with E-state index < -0.39 is 18.2 Å². The lowest BCUT2D eigenvalue weighted by Gasteiger charge is -1.96. The Bertz CT molecular complexity index is 606. The van der Waals surface area contributed by atoms with E-state index in [9.17, 15) is 9.59 Å². The average molecular weight is 266 g/mol. The number of aromatic nitrogens is 1. The lowest BCUT2D eigenvalue weighted by Crippen LogP contribution is -2.05. The summed E-state index contributed by atoms with van der Waals surface area (Å²) in [5.41, 5.74) is 1.02. The molecule has 92 valence electrons. The smallest absolute Gasteiger partial charge is 0.311 e.